The predicted molar refractivity (Wildman–Crippen MR) is 109 cm³/mol. The molecule has 0 unspecified atom stereocenters. The van der Waals surface area contributed by atoms with E-state index in [1.54, 1.807) is 30.3 Å². The molecule has 0 aliphatic carbocycles. The summed E-state index contributed by atoms with van der Waals surface area (Å²) in [6.07, 6.45) is -4.37. The van der Waals surface area contributed by atoms with Gasteiger partial charge in [0, 0.05) is 0 Å². The number of hydrogen-bond acceptors (Lipinski definition) is 7. The highest BCUT2D eigenvalue weighted by Crippen LogP contribution is 2.26. The van der Waals surface area contributed by atoms with Gasteiger partial charge in [-0.1, -0.05) is 54.6 Å². The van der Waals surface area contributed by atoms with Crippen LogP contribution in [-0.4, -0.2) is 60.1 Å². The lowest BCUT2D eigenvalue weighted by Gasteiger charge is -2.41. The number of benzene rings is 2. The van der Waals surface area contributed by atoms with Gasteiger partial charge in [-0.15, -0.1) is 6.58 Å². The van der Waals surface area contributed by atoms with Crippen LogP contribution in [0.3, 0.4) is 0 Å². The maximum absolute atomic E-state index is 12.4. The Morgan fingerprint density at radius 3 is 2.37 bits per heavy atom. The molecule has 1 aliphatic heterocycles. The lowest BCUT2D eigenvalue weighted by molar-refractivity contribution is -0.299. The molecule has 1 fully saturated rings. The van der Waals surface area contributed by atoms with Gasteiger partial charge in [0.15, 0.2) is 12.4 Å². The molecule has 0 aromatic heterocycles. The van der Waals surface area contributed by atoms with Gasteiger partial charge in [0.25, 0.3) is 0 Å². The van der Waals surface area contributed by atoms with Crippen molar-refractivity contribution in [2.75, 3.05) is 13.2 Å². The first kappa shape index (κ1) is 22.1. The lowest BCUT2D eigenvalue weighted by atomic mass is 9.99. The van der Waals surface area contributed by atoms with Crippen LogP contribution < -0.4 is 0 Å². The van der Waals surface area contributed by atoms with Crippen molar-refractivity contribution in [1.29, 1.82) is 0 Å². The third kappa shape index (κ3) is 5.75. The quantitative estimate of drug-likeness (QED) is 0.479. The zero-order valence-electron chi connectivity index (χ0n) is 16.5. The molecule has 0 bridgehead atoms. The minimum absolute atomic E-state index is 0.0282. The van der Waals surface area contributed by atoms with E-state index in [1.807, 2.05) is 30.3 Å². The van der Waals surface area contributed by atoms with Crippen LogP contribution in [0.4, 0.5) is 0 Å². The molecule has 2 aromatic carbocycles. The fourth-order valence-electron chi connectivity index (χ4n) is 3.10. The molecular weight excluding hydrogens is 388 g/mol. The molecule has 30 heavy (non-hydrogen) atoms. The molecule has 5 atom stereocenters. The molecular formula is C23H26O7. The number of carbonyl (C=O) groups excluding carboxylic acids is 1. The molecule has 0 spiro atoms. The molecule has 2 N–H and O–H groups in total. The van der Waals surface area contributed by atoms with E-state index in [0.717, 1.165) is 5.56 Å². The first-order valence-corrected chi connectivity index (χ1v) is 9.72. The summed E-state index contributed by atoms with van der Waals surface area (Å²) in [4.78, 5) is 12.4. The predicted octanol–water partition coefficient (Wildman–Crippen LogP) is 2.08. The number of ether oxygens (including phenoxy) is 4. The van der Waals surface area contributed by atoms with E-state index in [9.17, 15) is 15.0 Å². The third-order valence-corrected chi connectivity index (χ3v) is 4.67. The van der Waals surface area contributed by atoms with Gasteiger partial charge in [0.1, 0.15) is 18.3 Å². The van der Waals surface area contributed by atoms with Crippen molar-refractivity contribution in [3.63, 3.8) is 0 Å². The average Bonchev–Trinajstić information content (AvgIpc) is 2.78. The van der Waals surface area contributed by atoms with E-state index >= 15 is 0 Å². The van der Waals surface area contributed by atoms with Crippen LogP contribution in [0, 0.1) is 0 Å². The zero-order chi connectivity index (χ0) is 21.3. The summed E-state index contributed by atoms with van der Waals surface area (Å²) >= 11 is 0. The maximum Gasteiger partial charge on any atom is 0.338 e. The molecule has 0 radical (unpaired) electrons. The fraction of sp³-hybridized carbons (Fsp3) is 0.348. The van der Waals surface area contributed by atoms with Crippen molar-refractivity contribution in [2.24, 2.45) is 0 Å². The van der Waals surface area contributed by atoms with Gasteiger partial charge < -0.3 is 29.2 Å². The summed E-state index contributed by atoms with van der Waals surface area (Å²) in [5, 5.41) is 21.1. The number of esters is 1. The van der Waals surface area contributed by atoms with Crippen molar-refractivity contribution in [1.82, 2.24) is 0 Å². The number of aliphatic hydroxyl groups is 2. The molecule has 2 aromatic rings. The molecule has 160 valence electrons. The Kier molecular flexibility index (Phi) is 8.12. The molecule has 1 aliphatic rings. The van der Waals surface area contributed by atoms with E-state index in [0.29, 0.717) is 12.2 Å². The number of carbonyl (C=O) groups is 1. The van der Waals surface area contributed by atoms with E-state index in [2.05, 4.69) is 6.58 Å². The van der Waals surface area contributed by atoms with Gasteiger partial charge in [-0.25, -0.2) is 4.79 Å². The van der Waals surface area contributed by atoms with E-state index in [4.69, 9.17) is 18.9 Å². The molecule has 1 saturated heterocycles. The molecule has 0 amide bonds. The maximum atomic E-state index is 12.4. The number of aliphatic hydroxyl groups excluding tert-OH is 2. The number of hydrogen-bond donors (Lipinski definition) is 2. The highest BCUT2D eigenvalue weighted by Gasteiger charge is 2.47. The summed E-state index contributed by atoms with van der Waals surface area (Å²) in [6.45, 7) is 4.06. The SMILES string of the molecule is C=CCO[C@H]1O[C@H](COCc2ccccc2)[C@H](O)[C@H](O)[C@H]1OC(=O)c1ccccc1. The van der Waals surface area contributed by atoms with E-state index in [1.165, 1.54) is 6.08 Å². The van der Waals surface area contributed by atoms with Crippen molar-refractivity contribution < 1.29 is 34.0 Å². The van der Waals surface area contributed by atoms with Crippen molar-refractivity contribution in [3.8, 4) is 0 Å². The summed E-state index contributed by atoms with van der Waals surface area (Å²) in [7, 11) is 0. The van der Waals surface area contributed by atoms with E-state index in [-0.39, 0.29) is 13.2 Å². The van der Waals surface area contributed by atoms with Gasteiger partial charge in [0.2, 0.25) is 0 Å². The van der Waals surface area contributed by atoms with E-state index < -0.39 is 36.7 Å². The second-order valence-electron chi connectivity index (χ2n) is 6.88. The van der Waals surface area contributed by atoms with Gasteiger partial charge in [-0.05, 0) is 17.7 Å². The third-order valence-electron chi connectivity index (χ3n) is 4.67. The minimum Gasteiger partial charge on any atom is -0.450 e. The van der Waals surface area contributed by atoms with Gasteiger partial charge in [-0.3, -0.25) is 0 Å². The monoisotopic (exact) mass is 414 g/mol. The standard InChI is InChI=1S/C23H26O7/c1-2-13-28-23-21(30-22(26)17-11-7-4-8-12-17)20(25)19(24)18(29-23)15-27-14-16-9-5-3-6-10-16/h2-12,18-21,23-25H,1,13-15H2/t18-,19+,20+,21-,23+/m1/s1. The Bertz CT molecular complexity index is 796. The molecule has 1 heterocycles. The van der Waals surface area contributed by atoms with Crippen LogP contribution in [-0.2, 0) is 25.6 Å². The average molecular weight is 414 g/mol. The smallest absolute Gasteiger partial charge is 0.338 e. The summed E-state index contributed by atoms with van der Waals surface area (Å²) in [5.74, 6) is -0.651. The first-order valence-electron chi connectivity index (χ1n) is 9.72. The Balaban J connectivity index is 1.64. The summed E-state index contributed by atoms with van der Waals surface area (Å²) < 4.78 is 22.4. The van der Waals surface area contributed by atoms with Crippen LogP contribution in [0.25, 0.3) is 0 Å². The van der Waals surface area contributed by atoms with Crippen LogP contribution in [0.1, 0.15) is 15.9 Å². The topological polar surface area (TPSA) is 94.5 Å². The normalized spacial score (nSPS) is 26.1. The van der Waals surface area contributed by atoms with Crippen LogP contribution in [0.2, 0.25) is 0 Å². The molecule has 7 nitrogen and oxygen atoms in total. The first-order chi connectivity index (χ1) is 14.6. The number of rotatable bonds is 9. The molecule has 0 saturated carbocycles. The van der Waals surface area contributed by atoms with Gasteiger partial charge >= 0.3 is 5.97 Å². The molecule has 3 rings (SSSR count). The van der Waals surface area contributed by atoms with Crippen molar-refractivity contribution in [3.05, 3.63) is 84.4 Å². The van der Waals surface area contributed by atoms with Crippen LogP contribution >= 0.6 is 0 Å². The Morgan fingerprint density at radius 1 is 1.03 bits per heavy atom. The van der Waals surface area contributed by atoms with Gasteiger partial charge in [0.05, 0.1) is 25.4 Å². The Morgan fingerprint density at radius 2 is 1.70 bits per heavy atom. The second kappa shape index (κ2) is 11.0. The van der Waals surface area contributed by atoms with Crippen LogP contribution in [0.15, 0.2) is 73.3 Å². The second-order valence-corrected chi connectivity index (χ2v) is 6.88. The summed E-state index contributed by atoms with van der Waals surface area (Å²) in [6, 6.07) is 17.9. The molecule has 7 heteroatoms. The summed E-state index contributed by atoms with van der Waals surface area (Å²) in [5.41, 5.74) is 1.28. The van der Waals surface area contributed by atoms with Gasteiger partial charge in [-0.2, -0.15) is 0 Å². The van der Waals surface area contributed by atoms with Crippen LogP contribution in [0.5, 0.6) is 0 Å². The highest BCUT2D eigenvalue weighted by molar-refractivity contribution is 5.89. The zero-order valence-corrected chi connectivity index (χ0v) is 16.5. The fourth-order valence-corrected chi connectivity index (χ4v) is 3.10. The largest absolute Gasteiger partial charge is 0.450 e. The minimum atomic E-state index is -1.41. The Hall–Kier alpha value is -2.55. The van der Waals surface area contributed by atoms with Crippen molar-refractivity contribution >= 4 is 5.97 Å². The Labute approximate surface area is 175 Å². The van der Waals surface area contributed by atoms with Crippen molar-refractivity contribution in [2.45, 2.75) is 37.3 Å². The lowest BCUT2D eigenvalue weighted by Crippen LogP contribution is -2.60. The highest BCUT2D eigenvalue weighted by atomic mass is 16.7.